The van der Waals surface area contributed by atoms with Gasteiger partial charge in [0.25, 0.3) is 0 Å². The Bertz CT molecular complexity index is 199. The van der Waals surface area contributed by atoms with Gasteiger partial charge >= 0.3 is 0 Å². The summed E-state index contributed by atoms with van der Waals surface area (Å²) in [5.41, 5.74) is 0.886. The van der Waals surface area contributed by atoms with Gasteiger partial charge in [-0.1, -0.05) is 54.5 Å². The van der Waals surface area contributed by atoms with Crippen LogP contribution in [0.15, 0.2) is 12.3 Å². The molecular formula is C14H29NO. The molecule has 2 atom stereocenters. The van der Waals surface area contributed by atoms with E-state index in [9.17, 15) is 4.79 Å². The summed E-state index contributed by atoms with van der Waals surface area (Å²) in [7, 11) is 0. The van der Waals surface area contributed by atoms with E-state index in [0.29, 0.717) is 5.92 Å². The van der Waals surface area contributed by atoms with E-state index < -0.39 is 0 Å². The van der Waals surface area contributed by atoms with Crippen LogP contribution in [-0.4, -0.2) is 5.91 Å². The van der Waals surface area contributed by atoms with Crippen molar-refractivity contribution < 1.29 is 4.79 Å². The number of amides is 1. The first-order chi connectivity index (χ1) is 7.69. The summed E-state index contributed by atoms with van der Waals surface area (Å²) in [4.78, 5) is 11.4. The fourth-order valence-electron chi connectivity index (χ4n) is 1.94. The van der Waals surface area contributed by atoms with E-state index in [1.54, 1.807) is 0 Å². The highest BCUT2D eigenvalue weighted by molar-refractivity contribution is 5.81. The number of rotatable bonds is 2. The zero-order chi connectivity index (χ0) is 13.1. The molecule has 1 amide bonds. The number of hydrogen-bond donors (Lipinski definition) is 1. The topological polar surface area (TPSA) is 29.1 Å². The van der Waals surface area contributed by atoms with E-state index >= 15 is 0 Å². The molecule has 0 aromatic rings. The third-order valence-corrected chi connectivity index (χ3v) is 2.68. The molecule has 0 radical (unpaired) electrons. The van der Waals surface area contributed by atoms with Crippen molar-refractivity contribution >= 4 is 5.91 Å². The van der Waals surface area contributed by atoms with Crippen LogP contribution in [0.2, 0.25) is 0 Å². The van der Waals surface area contributed by atoms with Crippen molar-refractivity contribution in [2.24, 2.45) is 11.8 Å². The smallest absolute Gasteiger partial charge is 0.227 e. The predicted octanol–water partition coefficient (Wildman–Crippen LogP) is 4.12. The van der Waals surface area contributed by atoms with Crippen LogP contribution in [0.4, 0.5) is 0 Å². The van der Waals surface area contributed by atoms with Gasteiger partial charge in [-0.2, -0.15) is 0 Å². The molecule has 1 aliphatic heterocycles. The van der Waals surface area contributed by atoms with Crippen LogP contribution in [-0.2, 0) is 4.79 Å². The third-order valence-electron chi connectivity index (χ3n) is 2.68. The second-order valence-corrected chi connectivity index (χ2v) is 3.48. The van der Waals surface area contributed by atoms with E-state index in [1.807, 2.05) is 27.7 Å². The number of hydrogen-bond acceptors (Lipinski definition) is 1. The van der Waals surface area contributed by atoms with Gasteiger partial charge in [0.15, 0.2) is 0 Å². The van der Waals surface area contributed by atoms with E-state index in [4.69, 9.17) is 0 Å². The number of allylic oxidation sites excluding steroid dienone is 1. The van der Waals surface area contributed by atoms with E-state index in [2.05, 4.69) is 25.7 Å². The SMILES string of the molecule is C=C1CC(CC)C(CC)C(=O)N1.CC.CC. The van der Waals surface area contributed by atoms with Crippen molar-refractivity contribution in [3.8, 4) is 0 Å². The van der Waals surface area contributed by atoms with Gasteiger partial charge in [-0.25, -0.2) is 0 Å². The fourth-order valence-corrected chi connectivity index (χ4v) is 1.94. The lowest BCUT2D eigenvalue weighted by Gasteiger charge is -2.30. The number of carbonyl (C=O) groups is 1. The average Bonchev–Trinajstić information content (AvgIpc) is 2.33. The molecule has 1 heterocycles. The molecule has 0 aromatic heterocycles. The molecule has 0 aliphatic carbocycles. The molecule has 1 rings (SSSR count). The lowest BCUT2D eigenvalue weighted by molar-refractivity contribution is -0.127. The molecule has 0 spiro atoms. The summed E-state index contributed by atoms with van der Waals surface area (Å²) in [6.45, 7) is 16.0. The van der Waals surface area contributed by atoms with Crippen LogP contribution in [0.3, 0.4) is 0 Å². The first-order valence-electron chi connectivity index (χ1n) is 6.67. The monoisotopic (exact) mass is 227 g/mol. The zero-order valence-corrected chi connectivity index (χ0v) is 11.9. The molecule has 1 N–H and O–H groups in total. The molecule has 16 heavy (non-hydrogen) atoms. The third kappa shape index (κ3) is 5.34. The fraction of sp³-hybridized carbons (Fsp3) is 0.786. The molecule has 1 fully saturated rings. The quantitative estimate of drug-likeness (QED) is 0.755. The van der Waals surface area contributed by atoms with Crippen LogP contribution in [0.25, 0.3) is 0 Å². The van der Waals surface area contributed by atoms with Crippen molar-refractivity contribution in [2.45, 2.75) is 60.8 Å². The Morgan fingerprint density at radius 1 is 1.19 bits per heavy atom. The maximum atomic E-state index is 11.4. The summed E-state index contributed by atoms with van der Waals surface area (Å²) in [6, 6.07) is 0. The van der Waals surface area contributed by atoms with Crippen molar-refractivity contribution in [3.05, 3.63) is 12.3 Å². The summed E-state index contributed by atoms with van der Waals surface area (Å²) < 4.78 is 0. The molecule has 0 aromatic carbocycles. The van der Waals surface area contributed by atoms with Gasteiger partial charge in [-0.3, -0.25) is 4.79 Å². The number of carbonyl (C=O) groups excluding carboxylic acids is 1. The second kappa shape index (κ2) is 10.7. The second-order valence-electron chi connectivity index (χ2n) is 3.48. The minimum atomic E-state index is 0.167. The van der Waals surface area contributed by atoms with Gasteiger partial charge in [0.05, 0.1) is 0 Å². The molecule has 96 valence electrons. The Morgan fingerprint density at radius 3 is 2.06 bits per heavy atom. The van der Waals surface area contributed by atoms with Crippen molar-refractivity contribution in [3.63, 3.8) is 0 Å². The molecule has 1 saturated heterocycles. The van der Waals surface area contributed by atoms with Gasteiger partial charge in [0, 0.05) is 11.6 Å². The minimum absolute atomic E-state index is 0.167. The first-order valence-corrected chi connectivity index (χ1v) is 6.67. The Morgan fingerprint density at radius 2 is 1.69 bits per heavy atom. The molecular weight excluding hydrogens is 198 g/mol. The van der Waals surface area contributed by atoms with E-state index in [0.717, 1.165) is 25.0 Å². The normalized spacial score (nSPS) is 23.4. The summed E-state index contributed by atoms with van der Waals surface area (Å²) in [6.07, 6.45) is 2.98. The standard InChI is InChI=1S/C10H17NO.2C2H6/c1-4-8-6-7(3)11-10(12)9(8)5-2;2*1-2/h8-9H,3-6H2,1-2H3,(H,11,12);2*1-2H3. The van der Waals surface area contributed by atoms with Crippen molar-refractivity contribution in [2.75, 3.05) is 0 Å². The van der Waals surface area contributed by atoms with Crippen molar-refractivity contribution in [1.29, 1.82) is 0 Å². The molecule has 2 nitrogen and oxygen atoms in total. The van der Waals surface area contributed by atoms with Gasteiger partial charge in [-0.05, 0) is 18.8 Å². The summed E-state index contributed by atoms with van der Waals surface area (Å²) in [5.74, 6) is 0.886. The van der Waals surface area contributed by atoms with Crippen LogP contribution >= 0.6 is 0 Å². The highest BCUT2D eigenvalue weighted by Gasteiger charge is 2.30. The molecule has 0 saturated carbocycles. The number of nitrogens with one attached hydrogen (secondary N) is 1. The molecule has 2 unspecified atom stereocenters. The minimum Gasteiger partial charge on any atom is -0.330 e. The van der Waals surface area contributed by atoms with Crippen LogP contribution in [0.1, 0.15) is 60.8 Å². The molecule has 2 heteroatoms. The van der Waals surface area contributed by atoms with E-state index in [-0.39, 0.29) is 11.8 Å². The Hall–Kier alpha value is -0.790. The van der Waals surface area contributed by atoms with Crippen LogP contribution < -0.4 is 5.32 Å². The van der Waals surface area contributed by atoms with E-state index in [1.165, 1.54) is 0 Å². The number of piperidine rings is 1. The molecule has 1 aliphatic rings. The van der Waals surface area contributed by atoms with Gasteiger partial charge in [0.2, 0.25) is 5.91 Å². The Balaban J connectivity index is 0. The highest BCUT2D eigenvalue weighted by atomic mass is 16.2. The Kier molecular flexibility index (Phi) is 11.8. The van der Waals surface area contributed by atoms with Crippen LogP contribution in [0, 0.1) is 11.8 Å². The highest BCUT2D eigenvalue weighted by Crippen LogP contribution is 2.29. The zero-order valence-electron chi connectivity index (χ0n) is 11.9. The van der Waals surface area contributed by atoms with Gasteiger partial charge in [0.1, 0.15) is 0 Å². The van der Waals surface area contributed by atoms with Crippen molar-refractivity contribution in [1.82, 2.24) is 5.32 Å². The lowest BCUT2D eigenvalue weighted by Crippen LogP contribution is -2.39. The predicted molar refractivity (Wildman–Crippen MR) is 72.2 cm³/mol. The average molecular weight is 227 g/mol. The Labute approximate surface area is 102 Å². The summed E-state index contributed by atoms with van der Waals surface area (Å²) >= 11 is 0. The lowest BCUT2D eigenvalue weighted by atomic mass is 9.81. The van der Waals surface area contributed by atoms with Crippen LogP contribution in [0.5, 0.6) is 0 Å². The summed E-state index contributed by atoms with van der Waals surface area (Å²) in [5, 5.41) is 2.81. The largest absolute Gasteiger partial charge is 0.330 e. The van der Waals surface area contributed by atoms with Gasteiger partial charge in [-0.15, -0.1) is 0 Å². The maximum absolute atomic E-state index is 11.4. The molecule has 0 bridgehead atoms. The first kappa shape index (κ1) is 17.6. The van der Waals surface area contributed by atoms with Gasteiger partial charge < -0.3 is 5.32 Å². The maximum Gasteiger partial charge on any atom is 0.227 e.